The van der Waals surface area contributed by atoms with E-state index < -0.39 is 11.8 Å². The number of nitrogens with zero attached hydrogens (tertiary/aromatic N) is 4. The van der Waals surface area contributed by atoms with Gasteiger partial charge in [0.2, 0.25) is 5.88 Å². The summed E-state index contributed by atoms with van der Waals surface area (Å²) in [4.78, 5) is 22.2. The number of rotatable bonds is 7. The molecule has 0 bridgehead atoms. The van der Waals surface area contributed by atoms with Gasteiger partial charge in [-0.15, -0.1) is 0 Å². The molecule has 1 N–H and O–H groups in total. The molecule has 1 aliphatic heterocycles. The van der Waals surface area contributed by atoms with Gasteiger partial charge in [0.1, 0.15) is 23.9 Å². The Balaban J connectivity index is 1.34. The van der Waals surface area contributed by atoms with Crippen molar-refractivity contribution < 1.29 is 19.0 Å². The van der Waals surface area contributed by atoms with Gasteiger partial charge in [0.15, 0.2) is 0 Å². The highest BCUT2D eigenvalue weighted by Gasteiger charge is 2.23. The first-order valence-electron chi connectivity index (χ1n) is 11.5. The Labute approximate surface area is 208 Å². The predicted molar refractivity (Wildman–Crippen MR) is 130 cm³/mol. The third-order valence-electron chi connectivity index (χ3n) is 6.06. The summed E-state index contributed by atoms with van der Waals surface area (Å²) in [5.41, 5.74) is 2.01. The van der Waals surface area contributed by atoms with Crippen molar-refractivity contribution in [3.63, 3.8) is 0 Å². The SMILES string of the molecule is CCn1c(C#CC(=O)O)cnc1CN1CCC(c2cccc(OCc3ccc(Cl)cc3F)n2)CC1. The summed E-state index contributed by atoms with van der Waals surface area (Å²) >= 11 is 5.81. The van der Waals surface area contributed by atoms with Crippen LogP contribution in [0.4, 0.5) is 4.39 Å². The zero-order valence-corrected chi connectivity index (χ0v) is 20.1. The van der Waals surface area contributed by atoms with Crippen LogP contribution in [0.15, 0.2) is 42.6 Å². The van der Waals surface area contributed by atoms with Gasteiger partial charge >= 0.3 is 5.97 Å². The molecule has 2 aromatic heterocycles. The maximum Gasteiger partial charge on any atom is 0.382 e. The molecule has 0 saturated carbocycles. The molecule has 0 unspecified atom stereocenters. The van der Waals surface area contributed by atoms with Gasteiger partial charge in [0.05, 0.1) is 12.7 Å². The number of halogens is 2. The summed E-state index contributed by atoms with van der Waals surface area (Å²) in [6, 6.07) is 10.2. The molecule has 3 heterocycles. The molecule has 1 aliphatic rings. The number of benzene rings is 1. The first-order valence-corrected chi connectivity index (χ1v) is 11.9. The molecule has 0 amide bonds. The summed E-state index contributed by atoms with van der Waals surface area (Å²) in [6.07, 6.45) is 3.52. The third-order valence-corrected chi connectivity index (χ3v) is 6.29. The van der Waals surface area contributed by atoms with Crippen molar-refractivity contribution in [1.82, 2.24) is 19.4 Å². The minimum absolute atomic E-state index is 0.0841. The number of ether oxygens (including phenoxy) is 1. The number of hydrogen-bond donors (Lipinski definition) is 1. The van der Waals surface area contributed by atoms with Gasteiger partial charge in [-0.05, 0) is 57.0 Å². The highest BCUT2D eigenvalue weighted by atomic mass is 35.5. The summed E-state index contributed by atoms with van der Waals surface area (Å²) in [5, 5.41) is 9.15. The third kappa shape index (κ3) is 6.38. The smallest absolute Gasteiger partial charge is 0.382 e. The van der Waals surface area contributed by atoms with E-state index in [0.717, 1.165) is 37.4 Å². The number of piperidine rings is 1. The second-order valence-electron chi connectivity index (χ2n) is 8.33. The number of carboxylic acids is 1. The lowest BCUT2D eigenvalue weighted by atomic mass is 9.93. The Hall–Kier alpha value is -3.41. The zero-order chi connectivity index (χ0) is 24.8. The first-order chi connectivity index (χ1) is 16.9. The van der Waals surface area contributed by atoms with Gasteiger partial charge < -0.3 is 14.4 Å². The Morgan fingerprint density at radius 3 is 2.80 bits per heavy atom. The van der Waals surface area contributed by atoms with Crippen LogP contribution in [0.5, 0.6) is 5.88 Å². The molecule has 1 saturated heterocycles. The van der Waals surface area contributed by atoms with Crippen molar-refractivity contribution in [3.8, 4) is 17.7 Å². The van der Waals surface area contributed by atoms with Crippen LogP contribution in [-0.2, 0) is 24.5 Å². The second-order valence-corrected chi connectivity index (χ2v) is 8.77. The molecule has 0 radical (unpaired) electrons. The normalized spacial score (nSPS) is 14.4. The molecule has 9 heteroatoms. The lowest BCUT2D eigenvalue weighted by Gasteiger charge is -2.31. The summed E-state index contributed by atoms with van der Waals surface area (Å²) < 4.78 is 21.7. The predicted octanol–water partition coefficient (Wildman–Crippen LogP) is 4.49. The fourth-order valence-corrected chi connectivity index (χ4v) is 4.38. The number of carboxylic acid groups (broad SMARTS) is 1. The Morgan fingerprint density at radius 2 is 2.09 bits per heavy atom. The number of likely N-dealkylation sites (tertiary alicyclic amines) is 1. The highest BCUT2D eigenvalue weighted by Crippen LogP contribution is 2.29. The minimum atomic E-state index is -1.15. The van der Waals surface area contributed by atoms with Crippen molar-refractivity contribution in [1.29, 1.82) is 0 Å². The summed E-state index contributed by atoms with van der Waals surface area (Å²) in [5.74, 6) is 4.93. The lowest BCUT2D eigenvalue weighted by molar-refractivity contribution is -0.130. The van der Waals surface area contributed by atoms with Crippen LogP contribution in [0.25, 0.3) is 0 Å². The first kappa shape index (κ1) is 24.7. The van der Waals surface area contributed by atoms with Crippen LogP contribution in [0.3, 0.4) is 0 Å². The van der Waals surface area contributed by atoms with Crippen molar-refractivity contribution in [2.24, 2.45) is 0 Å². The average molecular weight is 497 g/mol. The summed E-state index contributed by atoms with van der Waals surface area (Å²) in [7, 11) is 0. The van der Waals surface area contributed by atoms with E-state index >= 15 is 0 Å². The number of hydrogen-bond acceptors (Lipinski definition) is 5. The monoisotopic (exact) mass is 496 g/mol. The van der Waals surface area contributed by atoms with Crippen LogP contribution < -0.4 is 4.74 Å². The van der Waals surface area contributed by atoms with Gasteiger partial charge in [0.25, 0.3) is 0 Å². The molecular formula is C26H26ClFN4O3. The Morgan fingerprint density at radius 1 is 1.29 bits per heavy atom. The topological polar surface area (TPSA) is 80.5 Å². The number of aliphatic carboxylic acids is 1. The summed E-state index contributed by atoms with van der Waals surface area (Å²) in [6.45, 7) is 5.21. The van der Waals surface area contributed by atoms with E-state index in [4.69, 9.17) is 21.4 Å². The van der Waals surface area contributed by atoms with E-state index in [0.29, 0.717) is 41.2 Å². The van der Waals surface area contributed by atoms with Crippen molar-refractivity contribution >= 4 is 17.6 Å². The molecule has 35 heavy (non-hydrogen) atoms. The van der Waals surface area contributed by atoms with Gasteiger partial charge in [-0.1, -0.05) is 23.7 Å². The maximum atomic E-state index is 14.0. The van der Waals surface area contributed by atoms with Crippen LogP contribution >= 0.6 is 11.6 Å². The molecule has 0 aliphatic carbocycles. The minimum Gasteiger partial charge on any atom is -0.473 e. The van der Waals surface area contributed by atoms with Crippen LogP contribution in [0.2, 0.25) is 5.02 Å². The number of pyridine rings is 1. The van der Waals surface area contributed by atoms with E-state index in [9.17, 15) is 9.18 Å². The largest absolute Gasteiger partial charge is 0.473 e. The van der Waals surface area contributed by atoms with E-state index in [1.165, 1.54) is 6.07 Å². The van der Waals surface area contributed by atoms with Crippen LogP contribution in [0.1, 0.15) is 48.5 Å². The Kier molecular flexibility index (Phi) is 8.01. The van der Waals surface area contributed by atoms with E-state index in [-0.39, 0.29) is 6.61 Å². The van der Waals surface area contributed by atoms with E-state index in [1.54, 1.807) is 24.4 Å². The Bertz CT molecular complexity index is 1260. The van der Waals surface area contributed by atoms with Gasteiger partial charge in [-0.3, -0.25) is 4.90 Å². The maximum absolute atomic E-state index is 14.0. The highest BCUT2D eigenvalue weighted by molar-refractivity contribution is 6.30. The van der Waals surface area contributed by atoms with E-state index in [1.807, 2.05) is 23.6 Å². The molecule has 182 valence electrons. The molecule has 1 fully saturated rings. The molecule has 1 aromatic carbocycles. The molecule has 0 atom stereocenters. The van der Waals surface area contributed by atoms with Crippen molar-refractivity contribution in [3.05, 3.63) is 76.2 Å². The van der Waals surface area contributed by atoms with Gasteiger partial charge in [-0.25, -0.2) is 19.2 Å². The number of carbonyl (C=O) groups is 1. The zero-order valence-electron chi connectivity index (χ0n) is 19.4. The quantitative estimate of drug-likeness (QED) is 0.486. The molecular weight excluding hydrogens is 471 g/mol. The van der Waals surface area contributed by atoms with E-state index in [2.05, 4.69) is 26.7 Å². The molecule has 0 spiro atoms. The fourth-order valence-electron chi connectivity index (χ4n) is 4.23. The molecule has 4 rings (SSSR count). The van der Waals surface area contributed by atoms with Crippen molar-refractivity contribution in [2.45, 2.75) is 45.4 Å². The second kappa shape index (κ2) is 11.3. The van der Waals surface area contributed by atoms with Crippen LogP contribution in [0, 0.1) is 17.7 Å². The number of aromatic nitrogens is 3. The van der Waals surface area contributed by atoms with Gasteiger partial charge in [-0.2, -0.15) is 0 Å². The average Bonchev–Trinajstić information content (AvgIpc) is 3.24. The van der Waals surface area contributed by atoms with Crippen molar-refractivity contribution in [2.75, 3.05) is 13.1 Å². The molecule has 7 nitrogen and oxygen atoms in total. The fraction of sp³-hybridized carbons (Fsp3) is 0.346. The lowest BCUT2D eigenvalue weighted by Crippen LogP contribution is -2.33. The van der Waals surface area contributed by atoms with Crippen LogP contribution in [-0.4, -0.2) is 43.6 Å². The molecule has 3 aromatic rings. The van der Waals surface area contributed by atoms with Gasteiger partial charge in [0, 0.05) is 40.7 Å². The number of imidazole rings is 1. The standard InChI is InChI=1S/C26H26ClFN4O3/c1-2-32-21(8-9-26(33)34)15-29-24(32)16-31-12-10-18(11-13-31)23-4-3-5-25(30-23)35-17-19-6-7-20(27)14-22(19)28/h3-7,14-15,18H,2,10-13,16-17H2,1H3,(H,33,34).